The van der Waals surface area contributed by atoms with Gasteiger partial charge in [-0.25, -0.2) is 0 Å². The molecule has 6 atom stereocenters. The van der Waals surface area contributed by atoms with Crippen LogP contribution in [0.4, 0.5) is 0 Å². The quantitative estimate of drug-likeness (QED) is 0.0238. The minimum Gasteiger partial charge on any atom is -0.463 e. The molecule has 1 saturated heterocycles. The van der Waals surface area contributed by atoms with E-state index in [2.05, 4.69) is 38.2 Å². The van der Waals surface area contributed by atoms with Crippen molar-refractivity contribution >= 4 is 58.9 Å². The lowest BCUT2D eigenvalue weighted by molar-refractivity contribution is -0.312. The second-order valence-electron chi connectivity index (χ2n) is 22.2. The number of hydrogen-bond acceptors (Lipinski definition) is 18. The van der Waals surface area contributed by atoms with E-state index in [0.29, 0.717) is 12.8 Å². The van der Waals surface area contributed by atoms with E-state index in [9.17, 15) is 47.9 Å². The summed E-state index contributed by atoms with van der Waals surface area (Å²) in [6.45, 7) is 7.87. The van der Waals surface area contributed by atoms with Gasteiger partial charge in [0.2, 0.25) is 0 Å². The third-order valence-electron chi connectivity index (χ3n) is 14.0. The molecule has 1 unspecified atom stereocenters. The van der Waals surface area contributed by atoms with Gasteiger partial charge in [0.25, 0.3) is 0 Å². The van der Waals surface area contributed by atoms with Crippen LogP contribution in [0.25, 0.3) is 0 Å². The van der Waals surface area contributed by atoms with Crippen LogP contribution in [0.5, 0.6) is 0 Å². The van der Waals surface area contributed by atoms with Gasteiger partial charge in [0.05, 0.1) is 32.3 Å². The van der Waals surface area contributed by atoms with Gasteiger partial charge in [0, 0.05) is 38.5 Å². The van der Waals surface area contributed by atoms with Crippen molar-refractivity contribution in [1.82, 2.24) is 0 Å². The van der Waals surface area contributed by atoms with Crippen LogP contribution in [0.3, 0.4) is 0 Å². The number of Topliss-reactive ketones (excluding diaryl/α,β-unsaturated/α-hetero) is 4. The highest BCUT2D eigenvalue weighted by Crippen LogP contribution is 2.31. The first-order valence-electron chi connectivity index (χ1n) is 31.6. The van der Waals surface area contributed by atoms with E-state index < -0.39 is 112 Å². The third-order valence-corrected chi connectivity index (χ3v) is 14.0. The predicted octanol–water partition coefficient (Wildman–Crippen LogP) is 13.0. The van der Waals surface area contributed by atoms with Crippen molar-refractivity contribution in [3.63, 3.8) is 0 Å². The molecule has 0 aromatic carbocycles. The zero-order valence-corrected chi connectivity index (χ0v) is 51.7. The molecular weight excluding hydrogens is 1070 g/mol. The van der Waals surface area contributed by atoms with Gasteiger partial charge < -0.3 is 57.1 Å². The van der Waals surface area contributed by atoms with Gasteiger partial charge in [-0.15, -0.1) is 0 Å². The lowest BCUT2D eigenvalue weighted by Gasteiger charge is -2.44. The number of carbonyl (C=O) groups excluding carboxylic acids is 10. The maximum absolute atomic E-state index is 13.5. The van der Waals surface area contributed by atoms with Crippen molar-refractivity contribution in [3.8, 4) is 0 Å². The summed E-state index contributed by atoms with van der Waals surface area (Å²) < 4.78 is 47.0. The molecular formula is C65H106O18. The SMILES string of the molecule is CCCCCCCC/C=C/CCCCCCCC(=O)OCC(CO[C@@H]1O[C@H](COC(=O)CCC(C)=O)[C@H](OC(=O)CCC(C)=O)[C@H](OC(=O)CCC(C)=O)[C@H]1OC(=O)CCC(C)=O)OC(=O)CCCCCCC/C=C/CCCCCCCC. The molecule has 0 amide bonds. The Balaban J connectivity index is 3.36. The highest BCUT2D eigenvalue weighted by Gasteiger charge is 2.53. The van der Waals surface area contributed by atoms with Gasteiger partial charge in [0.1, 0.15) is 42.5 Å². The molecule has 474 valence electrons. The Bertz CT molecular complexity index is 1930. The number of rotatable bonds is 53. The number of hydrogen-bond donors (Lipinski definition) is 0. The van der Waals surface area contributed by atoms with Crippen molar-refractivity contribution in [2.24, 2.45) is 0 Å². The molecule has 18 nitrogen and oxygen atoms in total. The van der Waals surface area contributed by atoms with Gasteiger partial charge in [-0.2, -0.15) is 0 Å². The largest absolute Gasteiger partial charge is 0.463 e. The zero-order valence-electron chi connectivity index (χ0n) is 51.7. The maximum atomic E-state index is 13.5. The molecule has 0 N–H and O–H groups in total. The third kappa shape index (κ3) is 43.2. The number of unbranched alkanes of at least 4 members (excludes halogenated alkanes) is 22. The zero-order chi connectivity index (χ0) is 61.3. The fourth-order valence-corrected chi connectivity index (χ4v) is 9.04. The minimum absolute atomic E-state index is 0.0554. The molecule has 0 radical (unpaired) electrons. The van der Waals surface area contributed by atoms with Gasteiger partial charge >= 0.3 is 35.8 Å². The van der Waals surface area contributed by atoms with E-state index in [1.54, 1.807) is 0 Å². The van der Waals surface area contributed by atoms with Crippen molar-refractivity contribution < 1.29 is 85.8 Å². The maximum Gasteiger partial charge on any atom is 0.306 e. The van der Waals surface area contributed by atoms with Crippen LogP contribution < -0.4 is 0 Å². The first kappa shape index (κ1) is 75.9. The molecule has 0 aromatic rings. The Kier molecular flexibility index (Phi) is 46.0. The number of allylic oxidation sites excluding steroid dienone is 4. The van der Waals surface area contributed by atoms with Gasteiger partial charge in [0.15, 0.2) is 30.7 Å². The minimum atomic E-state index is -1.79. The normalized spacial score (nSPS) is 17.2. The highest BCUT2D eigenvalue weighted by atomic mass is 16.7. The molecule has 0 aliphatic carbocycles. The van der Waals surface area contributed by atoms with E-state index in [1.807, 2.05) is 0 Å². The van der Waals surface area contributed by atoms with Crippen molar-refractivity contribution in [1.29, 1.82) is 0 Å². The fourth-order valence-electron chi connectivity index (χ4n) is 9.04. The van der Waals surface area contributed by atoms with E-state index in [4.69, 9.17) is 37.9 Å². The van der Waals surface area contributed by atoms with Gasteiger partial charge in [-0.3, -0.25) is 28.8 Å². The summed E-state index contributed by atoms with van der Waals surface area (Å²) in [5.41, 5.74) is 0. The second kappa shape index (κ2) is 50.2. The topological polar surface area (TPSA) is 245 Å². The van der Waals surface area contributed by atoms with E-state index in [-0.39, 0.29) is 68.1 Å². The molecule has 0 aromatic heterocycles. The van der Waals surface area contributed by atoms with Crippen LogP contribution >= 0.6 is 0 Å². The van der Waals surface area contributed by atoms with E-state index >= 15 is 0 Å². The Morgan fingerprint density at radius 1 is 0.361 bits per heavy atom. The summed E-state index contributed by atoms with van der Waals surface area (Å²) in [6.07, 6.45) is 25.2. The Morgan fingerprint density at radius 3 is 1.13 bits per heavy atom. The summed E-state index contributed by atoms with van der Waals surface area (Å²) in [6, 6.07) is 0. The average Bonchev–Trinajstić information content (AvgIpc) is 3.32. The van der Waals surface area contributed by atoms with Crippen LogP contribution in [-0.4, -0.2) is 116 Å². The smallest absolute Gasteiger partial charge is 0.306 e. The summed E-state index contributed by atoms with van der Waals surface area (Å²) in [5.74, 6) is -6.20. The molecule has 0 saturated carbocycles. The molecule has 1 aliphatic heterocycles. The first-order valence-corrected chi connectivity index (χ1v) is 31.6. The molecule has 1 heterocycles. The van der Waals surface area contributed by atoms with Crippen LogP contribution in [0, 0.1) is 0 Å². The van der Waals surface area contributed by atoms with Crippen LogP contribution in [0.2, 0.25) is 0 Å². The summed E-state index contributed by atoms with van der Waals surface area (Å²) >= 11 is 0. The molecule has 83 heavy (non-hydrogen) atoms. The summed E-state index contributed by atoms with van der Waals surface area (Å²) in [5, 5.41) is 0. The van der Waals surface area contributed by atoms with Crippen molar-refractivity contribution in [3.05, 3.63) is 24.3 Å². The summed E-state index contributed by atoms with van der Waals surface area (Å²) in [7, 11) is 0. The van der Waals surface area contributed by atoms with Crippen LogP contribution in [0.15, 0.2) is 24.3 Å². The molecule has 1 rings (SSSR count). The Labute approximate surface area is 496 Å². The lowest BCUT2D eigenvalue weighted by Crippen LogP contribution is -2.63. The van der Waals surface area contributed by atoms with E-state index in [0.717, 1.165) is 77.0 Å². The standard InChI is InChI=1S/C65H106O18/c1-7-9-11-13-15-17-19-21-23-25-27-29-31-33-35-37-56(70)76-47-54(79-58(72)38-36-34-32-30-28-26-24-22-20-18-16-14-12-10-8-2)48-78-65-64(83-61(75)46-42-53(6)69)63(82-60(74)45-41-52(5)68)62(81-59(73)44-40-51(4)67)55(80-65)49-77-57(71)43-39-50(3)66/h21-24,54-55,62-65H,7-20,25-49H2,1-6H3/b23-21+,24-22+/t54?,55-,62+,63+,64-,65-/m1/s1. The summed E-state index contributed by atoms with van der Waals surface area (Å²) in [4.78, 5) is 127. The first-order chi connectivity index (χ1) is 39.9. The monoisotopic (exact) mass is 1170 g/mol. The highest BCUT2D eigenvalue weighted by molar-refractivity contribution is 5.83. The molecule has 18 heteroatoms. The number of esters is 6. The van der Waals surface area contributed by atoms with Crippen LogP contribution in [0.1, 0.15) is 273 Å². The molecule has 0 bridgehead atoms. The predicted molar refractivity (Wildman–Crippen MR) is 315 cm³/mol. The number of ether oxygens (including phenoxy) is 8. The number of carbonyl (C=O) groups is 10. The van der Waals surface area contributed by atoms with Gasteiger partial charge in [-0.05, 0) is 91.9 Å². The van der Waals surface area contributed by atoms with E-state index in [1.165, 1.54) is 105 Å². The molecule has 1 fully saturated rings. The molecule has 0 spiro atoms. The van der Waals surface area contributed by atoms with Crippen molar-refractivity contribution in [2.75, 3.05) is 19.8 Å². The Morgan fingerprint density at radius 2 is 0.711 bits per heavy atom. The Hall–Kier alpha value is -5.10. The average molecular weight is 1180 g/mol. The second-order valence-corrected chi connectivity index (χ2v) is 22.2. The number of ketones is 4. The lowest BCUT2D eigenvalue weighted by atomic mass is 9.97. The van der Waals surface area contributed by atoms with Crippen LogP contribution in [-0.2, 0) is 85.8 Å². The fraction of sp³-hybridized carbons (Fsp3) is 0.785. The van der Waals surface area contributed by atoms with Gasteiger partial charge in [-0.1, -0.05) is 141 Å². The van der Waals surface area contributed by atoms with Crippen molar-refractivity contribution in [2.45, 2.75) is 310 Å². The molecule has 1 aliphatic rings.